The lowest BCUT2D eigenvalue weighted by atomic mass is 10.1. The zero-order valence-corrected chi connectivity index (χ0v) is 14.8. The van der Waals surface area contributed by atoms with Crippen LogP contribution in [0.1, 0.15) is 25.0 Å². The smallest absolute Gasteiger partial charge is 0.225 e. The third-order valence-electron chi connectivity index (χ3n) is 3.66. The first-order valence-electron chi connectivity index (χ1n) is 8.45. The maximum Gasteiger partial charge on any atom is 0.225 e. The highest BCUT2D eigenvalue weighted by Gasteiger charge is 2.08. The normalized spacial score (nSPS) is 10.7. The second-order valence-electron chi connectivity index (χ2n) is 6.35. The molecule has 0 saturated carbocycles. The number of nitrogens with zero attached hydrogens (tertiary/aromatic N) is 3. The van der Waals surface area contributed by atoms with Crippen molar-refractivity contribution in [1.82, 2.24) is 15.0 Å². The molecule has 3 aromatic rings. The summed E-state index contributed by atoms with van der Waals surface area (Å²) in [5.41, 5.74) is 4.29. The molecule has 0 radical (unpaired) electrons. The SMILES string of the molecule is Cc1cccc(CNc2cc(-c3cccnc3)nc(NC(C)C)n2)c1. The molecule has 5 nitrogen and oxygen atoms in total. The van der Waals surface area contributed by atoms with E-state index in [0.29, 0.717) is 12.5 Å². The van der Waals surface area contributed by atoms with Crippen molar-refractivity contribution in [2.45, 2.75) is 33.4 Å². The number of pyridine rings is 1. The molecule has 0 spiro atoms. The largest absolute Gasteiger partial charge is 0.366 e. The van der Waals surface area contributed by atoms with Gasteiger partial charge in [-0.1, -0.05) is 29.8 Å². The van der Waals surface area contributed by atoms with E-state index in [0.717, 1.165) is 17.1 Å². The molecular weight excluding hydrogens is 310 g/mol. The van der Waals surface area contributed by atoms with Crippen LogP contribution in [0.3, 0.4) is 0 Å². The third kappa shape index (κ3) is 4.76. The van der Waals surface area contributed by atoms with Crippen molar-refractivity contribution >= 4 is 11.8 Å². The second-order valence-corrected chi connectivity index (χ2v) is 6.35. The van der Waals surface area contributed by atoms with E-state index in [2.05, 4.69) is 70.6 Å². The first kappa shape index (κ1) is 16.9. The Hall–Kier alpha value is -2.95. The molecule has 0 saturated heterocycles. The van der Waals surface area contributed by atoms with E-state index in [4.69, 9.17) is 0 Å². The molecule has 128 valence electrons. The fourth-order valence-electron chi connectivity index (χ4n) is 2.54. The first-order chi connectivity index (χ1) is 12.1. The lowest BCUT2D eigenvalue weighted by molar-refractivity contribution is 0.874. The molecule has 1 aromatic carbocycles. The average molecular weight is 333 g/mol. The Morgan fingerprint density at radius 1 is 1.04 bits per heavy atom. The number of benzene rings is 1. The van der Waals surface area contributed by atoms with Crippen LogP contribution in [0.2, 0.25) is 0 Å². The molecule has 0 fully saturated rings. The molecule has 25 heavy (non-hydrogen) atoms. The molecule has 0 aliphatic heterocycles. The van der Waals surface area contributed by atoms with Crippen molar-refractivity contribution in [3.8, 4) is 11.3 Å². The Morgan fingerprint density at radius 2 is 1.92 bits per heavy atom. The molecule has 0 aliphatic carbocycles. The van der Waals surface area contributed by atoms with E-state index in [1.54, 1.807) is 6.20 Å². The molecule has 2 N–H and O–H groups in total. The van der Waals surface area contributed by atoms with Gasteiger partial charge in [-0.15, -0.1) is 0 Å². The van der Waals surface area contributed by atoms with Gasteiger partial charge in [0.2, 0.25) is 5.95 Å². The molecule has 5 heteroatoms. The van der Waals surface area contributed by atoms with Crippen LogP contribution in [0.4, 0.5) is 11.8 Å². The Labute approximate surface area is 148 Å². The Kier molecular flexibility index (Phi) is 5.23. The molecule has 2 aromatic heterocycles. The zero-order chi connectivity index (χ0) is 17.6. The van der Waals surface area contributed by atoms with Gasteiger partial charge >= 0.3 is 0 Å². The van der Waals surface area contributed by atoms with Gasteiger partial charge in [-0.05, 0) is 38.5 Å². The zero-order valence-electron chi connectivity index (χ0n) is 14.8. The minimum absolute atomic E-state index is 0.258. The van der Waals surface area contributed by atoms with Crippen molar-refractivity contribution < 1.29 is 0 Å². The van der Waals surface area contributed by atoms with Crippen molar-refractivity contribution in [3.63, 3.8) is 0 Å². The van der Waals surface area contributed by atoms with Gasteiger partial charge in [0, 0.05) is 36.6 Å². The van der Waals surface area contributed by atoms with E-state index < -0.39 is 0 Å². The van der Waals surface area contributed by atoms with E-state index in [-0.39, 0.29) is 6.04 Å². The molecule has 3 rings (SSSR count). The van der Waals surface area contributed by atoms with Gasteiger partial charge in [-0.25, -0.2) is 4.98 Å². The molecule has 0 atom stereocenters. The molecule has 0 bridgehead atoms. The lowest BCUT2D eigenvalue weighted by Gasteiger charge is -2.13. The summed E-state index contributed by atoms with van der Waals surface area (Å²) in [5, 5.41) is 6.68. The maximum atomic E-state index is 4.61. The van der Waals surface area contributed by atoms with Crippen molar-refractivity contribution in [3.05, 3.63) is 66.0 Å². The number of anilines is 2. The number of aryl methyl sites for hydroxylation is 1. The van der Waals surface area contributed by atoms with Crippen molar-refractivity contribution in [2.75, 3.05) is 10.6 Å². The first-order valence-corrected chi connectivity index (χ1v) is 8.45. The Morgan fingerprint density at radius 3 is 2.64 bits per heavy atom. The van der Waals surface area contributed by atoms with Crippen molar-refractivity contribution in [2.24, 2.45) is 0 Å². The van der Waals surface area contributed by atoms with Crippen LogP contribution in [0.15, 0.2) is 54.9 Å². The fourth-order valence-corrected chi connectivity index (χ4v) is 2.54. The quantitative estimate of drug-likeness (QED) is 0.705. The maximum absolute atomic E-state index is 4.61. The van der Waals surface area contributed by atoms with Crippen LogP contribution in [-0.4, -0.2) is 21.0 Å². The number of nitrogens with one attached hydrogen (secondary N) is 2. The summed E-state index contributed by atoms with van der Waals surface area (Å²) in [6.07, 6.45) is 3.57. The summed E-state index contributed by atoms with van der Waals surface area (Å²) < 4.78 is 0. The number of rotatable bonds is 6. The summed E-state index contributed by atoms with van der Waals surface area (Å²) >= 11 is 0. The summed E-state index contributed by atoms with van der Waals surface area (Å²) in [4.78, 5) is 13.4. The van der Waals surface area contributed by atoms with Crippen LogP contribution in [0, 0.1) is 6.92 Å². The average Bonchev–Trinajstić information content (AvgIpc) is 2.60. The van der Waals surface area contributed by atoms with Gasteiger partial charge in [0.1, 0.15) is 5.82 Å². The summed E-state index contributed by atoms with van der Waals surface area (Å²) in [6.45, 7) is 6.95. The topological polar surface area (TPSA) is 62.7 Å². The highest BCUT2D eigenvalue weighted by molar-refractivity contribution is 5.63. The summed E-state index contributed by atoms with van der Waals surface area (Å²) in [6, 6.07) is 14.6. The molecule has 0 amide bonds. The number of hydrogen-bond donors (Lipinski definition) is 2. The molecule has 0 unspecified atom stereocenters. The van der Waals surface area contributed by atoms with Crippen LogP contribution < -0.4 is 10.6 Å². The highest BCUT2D eigenvalue weighted by Crippen LogP contribution is 2.21. The Bertz CT molecular complexity index is 830. The predicted octanol–water partition coefficient (Wildman–Crippen LogP) is 4.28. The van der Waals surface area contributed by atoms with E-state index in [1.807, 2.05) is 24.4 Å². The van der Waals surface area contributed by atoms with E-state index in [9.17, 15) is 0 Å². The van der Waals surface area contributed by atoms with Gasteiger partial charge in [0.05, 0.1) is 5.69 Å². The van der Waals surface area contributed by atoms with Gasteiger partial charge in [0.25, 0.3) is 0 Å². The van der Waals surface area contributed by atoms with E-state index >= 15 is 0 Å². The van der Waals surface area contributed by atoms with Gasteiger partial charge < -0.3 is 10.6 Å². The third-order valence-corrected chi connectivity index (χ3v) is 3.66. The minimum Gasteiger partial charge on any atom is -0.366 e. The van der Waals surface area contributed by atoms with Crippen LogP contribution in [0.25, 0.3) is 11.3 Å². The predicted molar refractivity (Wildman–Crippen MR) is 103 cm³/mol. The fraction of sp³-hybridized carbons (Fsp3) is 0.250. The minimum atomic E-state index is 0.258. The van der Waals surface area contributed by atoms with Gasteiger partial charge in [0.15, 0.2) is 0 Å². The second kappa shape index (κ2) is 7.75. The monoisotopic (exact) mass is 333 g/mol. The molecule has 2 heterocycles. The van der Waals surface area contributed by atoms with Gasteiger partial charge in [-0.3, -0.25) is 4.98 Å². The number of hydrogen-bond acceptors (Lipinski definition) is 5. The summed E-state index contributed by atoms with van der Waals surface area (Å²) in [7, 11) is 0. The van der Waals surface area contributed by atoms with Crippen LogP contribution in [-0.2, 0) is 6.54 Å². The summed E-state index contributed by atoms with van der Waals surface area (Å²) in [5.74, 6) is 1.40. The van der Waals surface area contributed by atoms with Crippen molar-refractivity contribution in [1.29, 1.82) is 0 Å². The van der Waals surface area contributed by atoms with Gasteiger partial charge in [-0.2, -0.15) is 4.98 Å². The number of aromatic nitrogens is 3. The van der Waals surface area contributed by atoms with E-state index in [1.165, 1.54) is 11.1 Å². The highest BCUT2D eigenvalue weighted by atomic mass is 15.1. The van der Waals surface area contributed by atoms with Crippen LogP contribution >= 0.6 is 0 Å². The lowest BCUT2D eigenvalue weighted by Crippen LogP contribution is -2.14. The Balaban J connectivity index is 1.86. The molecule has 0 aliphatic rings. The molecular formula is C20H23N5. The standard InChI is InChI=1S/C20H23N5/c1-14(2)23-20-24-18(17-8-5-9-21-13-17)11-19(25-20)22-12-16-7-4-6-15(3)10-16/h4-11,13-14H,12H2,1-3H3,(H2,22,23,24,25). The van der Waals surface area contributed by atoms with Crippen LogP contribution in [0.5, 0.6) is 0 Å².